The van der Waals surface area contributed by atoms with Gasteiger partial charge in [0.2, 0.25) is 0 Å². The largest absolute Gasteiger partial charge is 0.493 e. The lowest BCUT2D eigenvalue weighted by atomic mass is 10.2. The summed E-state index contributed by atoms with van der Waals surface area (Å²) < 4.78 is 15.6. The number of morpholine rings is 1. The number of nitrogens with one attached hydrogen (secondary N) is 3. The molecule has 0 aromatic heterocycles. The van der Waals surface area contributed by atoms with Gasteiger partial charge in [-0.25, -0.2) is 0 Å². The Balaban J connectivity index is 1.73. The van der Waals surface area contributed by atoms with Gasteiger partial charge in [0.15, 0.2) is 11.5 Å². The van der Waals surface area contributed by atoms with E-state index in [-0.39, 0.29) is 0 Å². The van der Waals surface area contributed by atoms with E-state index in [0.29, 0.717) is 23.7 Å². The first-order chi connectivity index (χ1) is 12.1. The molecule has 2 amide bonds. The van der Waals surface area contributed by atoms with Crippen LogP contribution in [0.4, 0.5) is 5.69 Å². The smallest absolute Gasteiger partial charge is 0.313 e. The van der Waals surface area contributed by atoms with Gasteiger partial charge < -0.3 is 29.7 Å². The molecule has 0 spiro atoms. The summed E-state index contributed by atoms with van der Waals surface area (Å²) >= 11 is 0. The summed E-state index contributed by atoms with van der Waals surface area (Å²) in [6.45, 7) is 5.00. The number of hydrogen-bond acceptors (Lipinski definition) is 5. The van der Waals surface area contributed by atoms with Crippen molar-refractivity contribution in [2.45, 2.75) is 6.42 Å². The average Bonchev–Trinajstić information content (AvgIpc) is 2.65. The molecule has 1 aromatic rings. The Bertz CT molecular complexity index is 588. The molecule has 1 aliphatic heterocycles. The highest BCUT2D eigenvalue weighted by Gasteiger charge is 2.16. The summed E-state index contributed by atoms with van der Waals surface area (Å²) in [5.41, 5.74) is 0.468. The summed E-state index contributed by atoms with van der Waals surface area (Å²) in [6.07, 6.45) is 0.824. The molecule has 0 aliphatic carbocycles. The zero-order valence-corrected chi connectivity index (χ0v) is 14.7. The highest BCUT2D eigenvalue weighted by atomic mass is 16.5. The third-order valence-corrected chi connectivity index (χ3v) is 4.04. The molecule has 2 rings (SSSR count). The Morgan fingerprint density at radius 3 is 2.52 bits per heavy atom. The van der Waals surface area contributed by atoms with Gasteiger partial charge in [0.1, 0.15) is 13.1 Å². The number of carbonyl (C=O) groups excluding carboxylic acids is 2. The number of methoxy groups -OCH3 is 2. The molecule has 0 atom stereocenters. The van der Waals surface area contributed by atoms with Gasteiger partial charge in [-0.15, -0.1) is 0 Å². The van der Waals surface area contributed by atoms with Crippen LogP contribution in [0.5, 0.6) is 11.5 Å². The molecule has 8 nitrogen and oxygen atoms in total. The Labute approximate surface area is 147 Å². The molecule has 1 saturated heterocycles. The van der Waals surface area contributed by atoms with E-state index in [9.17, 15) is 9.59 Å². The van der Waals surface area contributed by atoms with Crippen LogP contribution in [0.2, 0.25) is 0 Å². The standard InChI is InChI=1S/C17H25N3O5/c1-23-14-5-4-13(12-15(14)24-2)19-17(22)16(21)18-6-3-7-20-8-10-25-11-9-20/h4-5,12H,3,6-11H2,1-2H3,(H,18,21)(H,19,22)/p+1. The number of rotatable bonds is 7. The van der Waals surface area contributed by atoms with Crippen LogP contribution in [0, 0.1) is 0 Å². The second kappa shape index (κ2) is 9.85. The quantitative estimate of drug-likeness (QED) is 0.435. The van der Waals surface area contributed by atoms with E-state index in [1.54, 1.807) is 18.2 Å². The zero-order valence-electron chi connectivity index (χ0n) is 14.7. The number of quaternary nitrogens is 1. The van der Waals surface area contributed by atoms with Gasteiger partial charge in [0, 0.05) is 24.7 Å². The van der Waals surface area contributed by atoms with E-state index < -0.39 is 11.8 Å². The van der Waals surface area contributed by atoms with Crippen molar-refractivity contribution in [1.29, 1.82) is 0 Å². The zero-order chi connectivity index (χ0) is 18.1. The second-order valence-corrected chi connectivity index (χ2v) is 5.75. The third kappa shape index (κ3) is 5.91. The molecule has 0 radical (unpaired) electrons. The van der Waals surface area contributed by atoms with Gasteiger partial charge in [-0.3, -0.25) is 9.59 Å². The molecule has 25 heavy (non-hydrogen) atoms. The van der Waals surface area contributed by atoms with Crippen molar-refractivity contribution < 1.29 is 28.7 Å². The summed E-state index contributed by atoms with van der Waals surface area (Å²) in [7, 11) is 3.04. The number of anilines is 1. The van der Waals surface area contributed by atoms with Crippen molar-refractivity contribution in [1.82, 2.24) is 5.32 Å². The predicted molar refractivity (Wildman–Crippen MR) is 92.2 cm³/mol. The fourth-order valence-corrected chi connectivity index (χ4v) is 2.63. The molecule has 0 saturated carbocycles. The van der Waals surface area contributed by atoms with Crippen LogP contribution in [0.25, 0.3) is 0 Å². The van der Waals surface area contributed by atoms with Crippen LogP contribution in [-0.2, 0) is 14.3 Å². The molecule has 8 heteroatoms. The van der Waals surface area contributed by atoms with Crippen LogP contribution >= 0.6 is 0 Å². The number of amides is 2. The van der Waals surface area contributed by atoms with Crippen molar-refractivity contribution >= 4 is 17.5 Å². The minimum absolute atomic E-state index is 0.468. The Morgan fingerprint density at radius 2 is 1.84 bits per heavy atom. The molecule has 0 unspecified atom stereocenters. The van der Waals surface area contributed by atoms with E-state index in [0.717, 1.165) is 39.3 Å². The van der Waals surface area contributed by atoms with Crippen molar-refractivity contribution in [3.05, 3.63) is 18.2 Å². The lowest BCUT2D eigenvalue weighted by molar-refractivity contribution is -0.908. The molecule has 0 bridgehead atoms. The summed E-state index contributed by atoms with van der Waals surface area (Å²) in [5, 5.41) is 5.19. The molecular formula is C17H26N3O5+. The van der Waals surface area contributed by atoms with Gasteiger partial charge in [-0.05, 0) is 12.1 Å². The van der Waals surface area contributed by atoms with E-state index in [1.165, 1.54) is 19.1 Å². The first-order valence-corrected chi connectivity index (χ1v) is 8.36. The first-order valence-electron chi connectivity index (χ1n) is 8.36. The van der Waals surface area contributed by atoms with E-state index in [1.807, 2.05) is 0 Å². The topological polar surface area (TPSA) is 90.3 Å². The molecule has 1 heterocycles. The Hall–Kier alpha value is -2.32. The van der Waals surface area contributed by atoms with Gasteiger partial charge in [-0.2, -0.15) is 0 Å². The average molecular weight is 352 g/mol. The van der Waals surface area contributed by atoms with Crippen LogP contribution in [0.3, 0.4) is 0 Å². The highest BCUT2D eigenvalue weighted by molar-refractivity contribution is 6.39. The second-order valence-electron chi connectivity index (χ2n) is 5.75. The number of benzene rings is 1. The number of ether oxygens (including phenoxy) is 3. The van der Waals surface area contributed by atoms with Gasteiger partial charge in [-0.1, -0.05) is 0 Å². The minimum Gasteiger partial charge on any atom is -0.493 e. The molecule has 138 valence electrons. The first kappa shape index (κ1) is 19.0. The predicted octanol–water partition coefficient (Wildman–Crippen LogP) is -0.936. The van der Waals surface area contributed by atoms with Gasteiger partial charge in [0.05, 0.1) is 34.0 Å². The fourth-order valence-electron chi connectivity index (χ4n) is 2.63. The normalized spacial score (nSPS) is 14.6. The molecular weight excluding hydrogens is 326 g/mol. The molecule has 3 N–H and O–H groups in total. The molecule has 1 aliphatic rings. The van der Waals surface area contributed by atoms with E-state index in [4.69, 9.17) is 14.2 Å². The maximum absolute atomic E-state index is 11.9. The van der Waals surface area contributed by atoms with Crippen LogP contribution < -0.4 is 25.0 Å². The van der Waals surface area contributed by atoms with Crippen molar-refractivity contribution in [3.63, 3.8) is 0 Å². The van der Waals surface area contributed by atoms with E-state index >= 15 is 0 Å². The fraction of sp³-hybridized carbons (Fsp3) is 0.529. The molecule has 1 aromatic carbocycles. The summed E-state index contributed by atoms with van der Waals surface area (Å²) in [6, 6.07) is 4.91. The van der Waals surface area contributed by atoms with E-state index in [2.05, 4.69) is 10.6 Å². The minimum atomic E-state index is -0.703. The lowest BCUT2D eigenvalue weighted by Gasteiger charge is -2.23. The highest BCUT2D eigenvalue weighted by Crippen LogP contribution is 2.29. The van der Waals surface area contributed by atoms with Crippen LogP contribution in [0.1, 0.15) is 6.42 Å². The van der Waals surface area contributed by atoms with Crippen molar-refractivity contribution in [2.24, 2.45) is 0 Å². The number of hydrogen-bond donors (Lipinski definition) is 3. The van der Waals surface area contributed by atoms with Crippen molar-refractivity contribution in [2.75, 3.05) is 58.9 Å². The number of carbonyl (C=O) groups is 2. The third-order valence-electron chi connectivity index (χ3n) is 4.04. The maximum atomic E-state index is 11.9. The lowest BCUT2D eigenvalue weighted by Crippen LogP contribution is -3.14. The molecule has 1 fully saturated rings. The van der Waals surface area contributed by atoms with Gasteiger partial charge >= 0.3 is 11.8 Å². The van der Waals surface area contributed by atoms with Crippen LogP contribution in [0.15, 0.2) is 18.2 Å². The monoisotopic (exact) mass is 352 g/mol. The Morgan fingerprint density at radius 1 is 1.12 bits per heavy atom. The summed E-state index contributed by atoms with van der Waals surface area (Å²) in [5.74, 6) is -0.317. The summed E-state index contributed by atoms with van der Waals surface area (Å²) in [4.78, 5) is 25.3. The van der Waals surface area contributed by atoms with Crippen LogP contribution in [-0.4, -0.2) is 65.4 Å². The maximum Gasteiger partial charge on any atom is 0.313 e. The van der Waals surface area contributed by atoms with Crippen molar-refractivity contribution in [3.8, 4) is 11.5 Å². The Kier molecular flexibility index (Phi) is 7.49. The van der Waals surface area contributed by atoms with Gasteiger partial charge in [0.25, 0.3) is 0 Å². The SMILES string of the molecule is COc1ccc(NC(=O)C(=O)NCCC[NH+]2CCOCC2)cc1OC.